The van der Waals surface area contributed by atoms with Crippen LogP contribution in [-0.2, 0) is 15.6 Å². The van der Waals surface area contributed by atoms with Gasteiger partial charge in [-0.2, -0.15) is 0 Å². The zero-order chi connectivity index (χ0) is 19.1. The molecule has 0 heterocycles. The Kier molecular flexibility index (Phi) is 4.60. The number of ether oxygens (including phenoxy) is 2. The summed E-state index contributed by atoms with van der Waals surface area (Å²) in [7, 11) is 1.38. The number of rotatable bonds is 3. The summed E-state index contributed by atoms with van der Waals surface area (Å²) in [5.74, 6) is 1.25. The zero-order valence-electron chi connectivity index (χ0n) is 16.6. The van der Waals surface area contributed by atoms with Crippen molar-refractivity contribution in [1.29, 1.82) is 0 Å². The van der Waals surface area contributed by atoms with Crippen LogP contribution in [-0.4, -0.2) is 13.1 Å². The molecule has 0 fully saturated rings. The lowest BCUT2D eigenvalue weighted by molar-refractivity contribution is 0.0600. The molecule has 0 aromatic heterocycles. The Bertz CT molecular complexity index is 829. The first-order valence-corrected chi connectivity index (χ1v) is 9.16. The number of carbonyl (C=O) groups is 1. The summed E-state index contributed by atoms with van der Waals surface area (Å²) in [6, 6.07) is 11.6. The van der Waals surface area contributed by atoms with Crippen LogP contribution in [0, 0.1) is 6.92 Å². The third-order valence-corrected chi connectivity index (χ3v) is 5.65. The highest BCUT2D eigenvalue weighted by atomic mass is 16.5. The second kappa shape index (κ2) is 6.46. The molecule has 0 amide bonds. The summed E-state index contributed by atoms with van der Waals surface area (Å²) >= 11 is 0. The van der Waals surface area contributed by atoms with Gasteiger partial charge in [-0.25, -0.2) is 4.79 Å². The van der Waals surface area contributed by atoms with Gasteiger partial charge in [0, 0.05) is 0 Å². The van der Waals surface area contributed by atoms with E-state index in [1.807, 2.05) is 0 Å². The fourth-order valence-electron chi connectivity index (χ4n) is 3.72. The van der Waals surface area contributed by atoms with Gasteiger partial charge < -0.3 is 9.47 Å². The predicted octanol–water partition coefficient (Wildman–Crippen LogP) is 5.92. The molecule has 0 spiro atoms. The first kappa shape index (κ1) is 18.5. The Hall–Kier alpha value is -2.29. The van der Waals surface area contributed by atoms with Crippen LogP contribution in [0.1, 0.15) is 67.6 Å². The maximum absolute atomic E-state index is 11.6. The van der Waals surface area contributed by atoms with Crippen molar-refractivity contribution in [3.63, 3.8) is 0 Å². The van der Waals surface area contributed by atoms with Crippen molar-refractivity contribution in [2.75, 3.05) is 7.11 Å². The van der Waals surface area contributed by atoms with E-state index in [1.54, 1.807) is 24.3 Å². The summed E-state index contributed by atoms with van der Waals surface area (Å²) in [5, 5.41) is 0. The van der Waals surface area contributed by atoms with Crippen LogP contribution in [0.2, 0.25) is 0 Å². The van der Waals surface area contributed by atoms with Crippen LogP contribution in [0.15, 0.2) is 36.4 Å². The average Bonchev–Trinajstić information content (AvgIpc) is 2.60. The number of esters is 1. The van der Waals surface area contributed by atoms with Crippen LogP contribution in [0.5, 0.6) is 11.5 Å². The monoisotopic (exact) mass is 352 g/mol. The van der Waals surface area contributed by atoms with E-state index < -0.39 is 0 Å². The number of aryl methyl sites for hydroxylation is 1. The van der Waals surface area contributed by atoms with Crippen LogP contribution in [0.4, 0.5) is 0 Å². The molecule has 1 aliphatic rings. The Morgan fingerprint density at radius 3 is 2.00 bits per heavy atom. The average molecular weight is 352 g/mol. The third-order valence-electron chi connectivity index (χ3n) is 5.65. The molecule has 2 aromatic carbocycles. The molecule has 3 rings (SSSR count). The topological polar surface area (TPSA) is 35.5 Å². The Morgan fingerprint density at radius 1 is 0.923 bits per heavy atom. The minimum absolute atomic E-state index is 0.144. The van der Waals surface area contributed by atoms with Gasteiger partial charge >= 0.3 is 5.97 Å². The summed E-state index contributed by atoms with van der Waals surface area (Å²) in [6.07, 6.45) is 2.37. The molecule has 2 aromatic rings. The van der Waals surface area contributed by atoms with Gasteiger partial charge in [-0.05, 0) is 77.6 Å². The number of hydrogen-bond acceptors (Lipinski definition) is 3. The summed E-state index contributed by atoms with van der Waals surface area (Å²) in [5.41, 5.74) is 4.79. The molecular weight excluding hydrogens is 324 g/mol. The van der Waals surface area contributed by atoms with Crippen molar-refractivity contribution in [3.05, 3.63) is 58.7 Å². The van der Waals surface area contributed by atoms with E-state index in [9.17, 15) is 4.79 Å². The van der Waals surface area contributed by atoms with Gasteiger partial charge in [-0.15, -0.1) is 0 Å². The third kappa shape index (κ3) is 3.35. The van der Waals surface area contributed by atoms with E-state index in [1.165, 1.54) is 31.1 Å². The molecule has 0 unspecified atom stereocenters. The molecule has 1 aliphatic carbocycles. The quantitative estimate of drug-likeness (QED) is 0.643. The highest BCUT2D eigenvalue weighted by Gasteiger charge is 2.37. The normalized spacial score (nSPS) is 17.3. The first-order chi connectivity index (χ1) is 12.1. The van der Waals surface area contributed by atoms with E-state index in [4.69, 9.17) is 9.47 Å². The molecule has 3 heteroatoms. The van der Waals surface area contributed by atoms with Gasteiger partial charge in [-0.3, -0.25) is 0 Å². The molecule has 0 aliphatic heterocycles. The highest BCUT2D eigenvalue weighted by Crippen LogP contribution is 2.47. The zero-order valence-corrected chi connectivity index (χ0v) is 16.6. The van der Waals surface area contributed by atoms with Crippen molar-refractivity contribution >= 4 is 5.97 Å². The van der Waals surface area contributed by atoms with E-state index >= 15 is 0 Å². The predicted molar refractivity (Wildman–Crippen MR) is 104 cm³/mol. The minimum Gasteiger partial charge on any atom is -0.465 e. The molecule has 3 nitrogen and oxygen atoms in total. The van der Waals surface area contributed by atoms with Crippen molar-refractivity contribution in [2.24, 2.45) is 0 Å². The van der Waals surface area contributed by atoms with Crippen molar-refractivity contribution in [1.82, 2.24) is 0 Å². The number of methoxy groups -OCH3 is 1. The van der Waals surface area contributed by atoms with Crippen LogP contribution >= 0.6 is 0 Å². The maximum atomic E-state index is 11.6. The number of fused-ring (bicyclic) bond motifs is 1. The van der Waals surface area contributed by atoms with Gasteiger partial charge in [0.05, 0.1) is 12.7 Å². The first-order valence-electron chi connectivity index (χ1n) is 9.16. The van der Waals surface area contributed by atoms with Gasteiger partial charge in [0.15, 0.2) is 0 Å². The van der Waals surface area contributed by atoms with Crippen molar-refractivity contribution in [3.8, 4) is 11.5 Å². The lowest BCUT2D eigenvalue weighted by Crippen LogP contribution is -2.33. The van der Waals surface area contributed by atoms with E-state index in [0.717, 1.165) is 11.3 Å². The Labute approximate surface area is 156 Å². The van der Waals surface area contributed by atoms with Crippen LogP contribution in [0.3, 0.4) is 0 Å². The van der Waals surface area contributed by atoms with Crippen molar-refractivity contribution in [2.45, 2.75) is 58.3 Å². The molecule has 0 atom stereocenters. The van der Waals surface area contributed by atoms with Gasteiger partial charge in [-0.1, -0.05) is 33.8 Å². The molecule has 26 heavy (non-hydrogen) atoms. The molecule has 0 bridgehead atoms. The lowest BCUT2D eigenvalue weighted by Gasteiger charge is -2.42. The minimum atomic E-state index is -0.342. The molecular formula is C23H28O3. The summed E-state index contributed by atoms with van der Waals surface area (Å²) < 4.78 is 10.9. The van der Waals surface area contributed by atoms with E-state index in [0.29, 0.717) is 11.3 Å². The SMILES string of the molecule is COC(=O)c1ccc(Oc2cc3c(cc2C)C(C)(C)CCC3(C)C)cc1. The molecule has 138 valence electrons. The van der Waals surface area contributed by atoms with Gasteiger partial charge in [0.25, 0.3) is 0 Å². The second-order valence-corrected chi connectivity index (χ2v) is 8.55. The standard InChI is InChI=1S/C23H28O3/c1-15-13-18-19(23(4,5)12-11-22(18,2)3)14-20(15)26-17-9-7-16(8-10-17)21(24)25-6/h7-10,13-14H,11-12H2,1-6H3. The van der Waals surface area contributed by atoms with Crippen LogP contribution in [0.25, 0.3) is 0 Å². The van der Waals surface area contributed by atoms with E-state index in [-0.39, 0.29) is 16.8 Å². The fourth-order valence-corrected chi connectivity index (χ4v) is 3.72. The Morgan fingerprint density at radius 2 is 1.46 bits per heavy atom. The fraction of sp³-hybridized carbons (Fsp3) is 0.435. The number of hydrogen-bond donors (Lipinski definition) is 0. The Balaban J connectivity index is 1.96. The van der Waals surface area contributed by atoms with Gasteiger partial charge in [0.1, 0.15) is 11.5 Å². The molecule has 0 saturated heterocycles. The molecule has 0 radical (unpaired) electrons. The summed E-state index contributed by atoms with van der Waals surface area (Å²) in [4.78, 5) is 11.6. The van der Waals surface area contributed by atoms with Crippen LogP contribution < -0.4 is 4.74 Å². The maximum Gasteiger partial charge on any atom is 0.337 e. The summed E-state index contributed by atoms with van der Waals surface area (Å²) in [6.45, 7) is 11.4. The molecule has 0 N–H and O–H groups in total. The smallest absolute Gasteiger partial charge is 0.337 e. The number of benzene rings is 2. The largest absolute Gasteiger partial charge is 0.465 e. The lowest BCUT2D eigenvalue weighted by atomic mass is 9.63. The van der Waals surface area contributed by atoms with Crippen molar-refractivity contribution < 1.29 is 14.3 Å². The van der Waals surface area contributed by atoms with Gasteiger partial charge in [0.2, 0.25) is 0 Å². The molecule has 0 saturated carbocycles. The number of carbonyl (C=O) groups excluding carboxylic acids is 1. The van der Waals surface area contributed by atoms with E-state index in [2.05, 4.69) is 46.8 Å². The highest BCUT2D eigenvalue weighted by molar-refractivity contribution is 5.89. The second-order valence-electron chi connectivity index (χ2n) is 8.55.